The summed E-state index contributed by atoms with van der Waals surface area (Å²) in [5, 5.41) is 4.24. The van der Waals surface area contributed by atoms with Gasteiger partial charge in [-0.1, -0.05) is 33.6 Å². The van der Waals surface area contributed by atoms with Gasteiger partial charge < -0.3 is 5.32 Å². The number of hydrogen-bond acceptors (Lipinski definition) is 2. The van der Waals surface area contributed by atoms with Gasteiger partial charge in [0.15, 0.2) is 0 Å². The van der Waals surface area contributed by atoms with Crippen LogP contribution in [0.2, 0.25) is 5.02 Å². The maximum Gasteiger partial charge on any atom is 0.0462 e. The summed E-state index contributed by atoms with van der Waals surface area (Å²) in [7, 11) is 2.19. The van der Waals surface area contributed by atoms with E-state index in [4.69, 9.17) is 11.6 Å². The molecule has 1 aliphatic rings. The molecule has 1 fully saturated rings. The van der Waals surface area contributed by atoms with E-state index in [1.165, 1.54) is 18.4 Å². The molecule has 0 amide bonds. The Hall–Kier alpha value is -0.0900. The van der Waals surface area contributed by atoms with Gasteiger partial charge in [-0.15, -0.1) is 0 Å². The Morgan fingerprint density at radius 3 is 2.76 bits per heavy atom. The van der Waals surface area contributed by atoms with E-state index >= 15 is 0 Å². The van der Waals surface area contributed by atoms with Crippen LogP contribution in [0, 0.1) is 0 Å². The lowest BCUT2D eigenvalue weighted by atomic mass is 10.0. The van der Waals surface area contributed by atoms with Crippen molar-refractivity contribution in [2.24, 2.45) is 0 Å². The van der Waals surface area contributed by atoms with Crippen molar-refractivity contribution in [2.45, 2.75) is 25.4 Å². The van der Waals surface area contributed by atoms with Crippen molar-refractivity contribution in [3.8, 4) is 0 Å². The second-order valence-electron chi connectivity index (χ2n) is 4.63. The number of hydrogen-bond donors (Lipinski definition) is 1. The van der Waals surface area contributed by atoms with Gasteiger partial charge >= 0.3 is 0 Å². The fourth-order valence-corrected chi connectivity index (χ4v) is 3.03. The molecule has 1 aromatic rings. The van der Waals surface area contributed by atoms with Crippen LogP contribution in [0.4, 0.5) is 0 Å². The van der Waals surface area contributed by atoms with E-state index in [0.29, 0.717) is 6.04 Å². The van der Waals surface area contributed by atoms with Crippen molar-refractivity contribution < 1.29 is 0 Å². The van der Waals surface area contributed by atoms with Crippen LogP contribution in [0.5, 0.6) is 0 Å². The first kappa shape index (κ1) is 13.3. The number of piperidine rings is 1. The lowest BCUT2D eigenvalue weighted by molar-refractivity contribution is 0.192. The van der Waals surface area contributed by atoms with Crippen molar-refractivity contribution >= 4 is 27.5 Å². The molecule has 2 nitrogen and oxygen atoms in total. The van der Waals surface area contributed by atoms with Crippen LogP contribution in [0.15, 0.2) is 22.7 Å². The second kappa shape index (κ2) is 6.19. The minimum Gasteiger partial charge on any atom is -0.317 e. The first-order valence-corrected chi connectivity index (χ1v) is 7.19. The summed E-state index contributed by atoms with van der Waals surface area (Å²) < 4.78 is 1.04. The van der Waals surface area contributed by atoms with Crippen molar-refractivity contribution in [2.75, 3.05) is 20.1 Å². The highest BCUT2D eigenvalue weighted by Gasteiger charge is 2.18. The number of nitrogens with zero attached hydrogens (tertiary/aromatic N) is 1. The molecule has 0 saturated carbocycles. The average Bonchev–Trinajstić information content (AvgIpc) is 2.34. The molecule has 1 N–H and O–H groups in total. The summed E-state index contributed by atoms with van der Waals surface area (Å²) in [5.41, 5.74) is 1.20. The molecule has 0 spiro atoms. The molecule has 1 saturated heterocycles. The summed E-state index contributed by atoms with van der Waals surface area (Å²) in [4.78, 5) is 2.41. The van der Waals surface area contributed by atoms with Gasteiger partial charge in [-0.2, -0.15) is 0 Å². The van der Waals surface area contributed by atoms with E-state index < -0.39 is 0 Å². The molecule has 1 heterocycles. The van der Waals surface area contributed by atoms with E-state index in [0.717, 1.165) is 29.1 Å². The highest BCUT2D eigenvalue weighted by Crippen LogP contribution is 2.23. The summed E-state index contributed by atoms with van der Waals surface area (Å²) >= 11 is 9.68. The smallest absolute Gasteiger partial charge is 0.0462 e. The molecule has 0 unspecified atom stereocenters. The number of benzene rings is 1. The monoisotopic (exact) mass is 316 g/mol. The third-order valence-electron chi connectivity index (χ3n) is 3.37. The molecule has 1 aromatic carbocycles. The van der Waals surface area contributed by atoms with Gasteiger partial charge in [-0.25, -0.2) is 0 Å². The molecule has 0 bridgehead atoms. The van der Waals surface area contributed by atoms with Gasteiger partial charge in [0.1, 0.15) is 0 Å². The van der Waals surface area contributed by atoms with Gasteiger partial charge in [0, 0.05) is 22.1 Å². The quantitative estimate of drug-likeness (QED) is 0.920. The predicted octanol–water partition coefficient (Wildman–Crippen LogP) is 3.29. The minimum atomic E-state index is 0.677. The van der Waals surface area contributed by atoms with E-state index in [1.54, 1.807) is 0 Å². The van der Waals surface area contributed by atoms with Crippen molar-refractivity contribution in [3.05, 3.63) is 33.3 Å². The van der Waals surface area contributed by atoms with E-state index in [9.17, 15) is 0 Å². The fourth-order valence-electron chi connectivity index (χ4n) is 2.30. The normalized spacial score (nSPS) is 17.6. The predicted molar refractivity (Wildman–Crippen MR) is 76.5 cm³/mol. The van der Waals surface area contributed by atoms with Crippen LogP contribution in [0.3, 0.4) is 0 Å². The number of nitrogens with one attached hydrogen (secondary N) is 1. The Bertz CT molecular complexity index is 378. The van der Waals surface area contributed by atoms with E-state index in [2.05, 4.69) is 45.3 Å². The second-order valence-corrected chi connectivity index (χ2v) is 5.95. The van der Waals surface area contributed by atoms with E-state index in [1.807, 2.05) is 6.07 Å². The van der Waals surface area contributed by atoms with Crippen LogP contribution in [0.1, 0.15) is 18.4 Å². The van der Waals surface area contributed by atoms with E-state index in [-0.39, 0.29) is 0 Å². The highest BCUT2D eigenvalue weighted by molar-refractivity contribution is 9.10. The van der Waals surface area contributed by atoms with Crippen LogP contribution in [-0.2, 0) is 6.54 Å². The van der Waals surface area contributed by atoms with Crippen molar-refractivity contribution in [1.29, 1.82) is 0 Å². The lowest BCUT2D eigenvalue weighted by Gasteiger charge is -2.31. The molecule has 0 atom stereocenters. The molecule has 17 heavy (non-hydrogen) atoms. The standard InChI is InChI=1S/C13H18BrClN2/c1-17(12-4-6-16-7-5-12)9-10-2-3-11(14)8-13(10)15/h2-3,8,12,16H,4-7,9H2,1H3. The maximum absolute atomic E-state index is 6.24. The molecule has 0 radical (unpaired) electrons. The molecule has 0 aromatic heterocycles. The average molecular weight is 318 g/mol. The molecule has 2 rings (SSSR count). The summed E-state index contributed by atoms with van der Waals surface area (Å²) in [6, 6.07) is 6.80. The Kier molecular flexibility index (Phi) is 4.86. The van der Waals surface area contributed by atoms with Gasteiger partial charge in [0.05, 0.1) is 0 Å². The largest absolute Gasteiger partial charge is 0.317 e. The Morgan fingerprint density at radius 1 is 1.41 bits per heavy atom. The molecule has 4 heteroatoms. The van der Waals surface area contributed by atoms with Crippen LogP contribution in [0.25, 0.3) is 0 Å². The van der Waals surface area contributed by atoms with Crippen LogP contribution in [-0.4, -0.2) is 31.1 Å². The summed E-state index contributed by atoms with van der Waals surface area (Å²) in [6.45, 7) is 3.18. The molecule has 94 valence electrons. The molecular weight excluding hydrogens is 300 g/mol. The molecular formula is C13H18BrClN2. The first-order chi connectivity index (χ1) is 8.16. The zero-order valence-corrected chi connectivity index (χ0v) is 12.4. The number of halogens is 2. The first-order valence-electron chi connectivity index (χ1n) is 6.01. The SMILES string of the molecule is CN(Cc1ccc(Br)cc1Cl)C1CCNCC1. The zero-order chi connectivity index (χ0) is 12.3. The van der Waals surface area contributed by atoms with Gasteiger partial charge in [-0.3, -0.25) is 4.90 Å². The number of rotatable bonds is 3. The lowest BCUT2D eigenvalue weighted by Crippen LogP contribution is -2.40. The minimum absolute atomic E-state index is 0.677. The maximum atomic E-state index is 6.24. The third kappa shape index (κ3) is 3.68. The fraction of sp³-hybridized carbons (Fsp3) is 0.538. The van der Waals surface area contributed by atoms with Crippen LogP contribution < -0.4 is 5.32 Å². The van der Waals surface area contributed by atoms with Gasteiger partial charge in [0.2, 0.25) is 0 Å². The Labute approximate surface area is 116 Å². The molecule has 1 aliphatic heterocycles. The Balaban J connectivity index is 1.99. The van der Waals surface area contributed by atoms with Gasteiger partial charge in [0.25, 0.3) is 0 Å². The molecule has 0 aliphatic carbocycles. The highest BCUT2D eigenvalue weighted by atomic mass is 79.9. The van der Waals surface area contributed by atoms with Crippen molar-refractivity contribution in [1.82, 2.24) is 10.2 Å². The topological polar surface area (TPSA) is 15.3 Å². The van der Waals surface area contributed by atoms with Gasteiger partial charge in [-0.05, 0) is 50.7 Å². The Morgan fingerprint density at radius 2 is 2.12 bits per heavy atom. The summed E-state index contributed by atoms with van der Waals surface area (Å²) in [5.74, 6) is 0. The zero-order valence-electron chi connectivity index (χ0n) is 10.0. The van der Waals surface area contributed by atoms with Crippen LogP contribution >= 0.6 is 27.5 Å². The third-order valence-corrected chi connectivity index (χ3v) is 4.21. The van der Waals surface area contributed by atoms with Crippen molar-refractivity contribution in [3.63, 3.8) is 0 Å². The summed E-state index contributed by atoms with van der Waals surface area (Å²) in [6.07, 6.45) is 2.45.